The summed E-state index contributed by atoms with van der Waals surface area (Å²) in [5.74, 6) is -1.18. The number of nitro groups is 1. The number of nitrogens with one attached hydrogen (secondary N) is 1. The van der Waals surface area contributed by atoms with Crippen LogP contribution in [0.5, 0.6) is 0 Å². The Kier molecular flexibility index (Phi) is 5.59. The van der Waals surface area contributed by atoms with Crippen LogP contribution >= 0.6 is 0 Å². The van der Waals surface area contributed by atoms with Gasteiger partial charge in [0.05, 0.1) is 4.92 Å². The number of anilines is 1. The van der Waals surface area contributed by atoms with Gasteiger partial charge in [0.25, 0.3) is 11.6 Å². The SMILES string of the molecule is CC(C)=CC(=O)OC(C)C(=O)Nc1cccc([N+](=O)[O-])c1. The van der Waals surface area contributed by atoms with E-state index in [0.29, 0.717) is 0 Å². The van der Waals surface area contributed by atoms with Crippen molar-refractivity contribution in [3.8, 4) is 0 Å². The van der Waals surface area contributed by atoms with E-state index in [2.05, 4.69) is 5.32 Å². The number of rotatable bonds is 5. The molecule has 0 aliphatic rings. The average molecular weight is 292 g/mol. The topological polar surface area (TPSA) is 98.5 Å². The number of nitro benzene ring substituents is 1. The molecular weight excluding hydrogens is 276 g/mol. The van der Waals surface area contributed by atoms with Crippen molar-refractivity contribution in [3.05, 3.63) is 46.0 Å². The van der Waals surface area contributed by atoms with Gasteiger partial charge < -0.3 is 10.1 Å². The van der Waals surface area contributed by atoms with Gasteiger partial charge in [-0.3, -0.25) is 14.9 Å². The smallest absolute Gasteiger partial charge is 0.331 e. The lowest BCUT2D eigenvalue weighted by Crippen LogP contribution is -2.29. The van der Waals surface area contributed by atoms with Crippen LogP contribution in [-0.2, 0) is 14.3 Å². The Morgan fingerprint density at radius 2 is 2.05 bits per heavy atom. The molecule has 1 aromatic carbocycles. The fourth-order valence-corrected chi connectivity index (χ4v) is 1.44. The number of carbonyl (C=O) groups excluding carboxylic acids is 2. The minimum absolute atomic E-state index is 0.137. The van der Waals surface area contributed by atoms with Gasteiger partial charge in [-0.1, -0.05) is 11.6 Å². The monoisotopic (exact) mass is 292 g/mol. The predicted molar refractivity (Wildman–Crippen MR) is 76.7 cm³/mol. The number of allylic oxidation sites excluding steroid dienone is 1. The maximum Gasteiger partial charge on any atom is 0.331 e. The van der Waals surface area contributed by atoms with Crippen molar-refractivity contribution in [1.29, 1.82) is 0 Å². The molecule has 7 heteroatoms. The van der Waals surface area contributed by atoms with E-state index in [0.717, 1.165) is 5.57 Å². The minimum Gasteiger partial charge on any atom is -0.449 e. The molecule has 7 nitrogen and oxygen atoms in total. The van der Waals surface area contributed by atoms with Crippen molar-refractivity contribution in [3.63, 3.8) is 0 Å². The molecule has 112 valence electrons. The van der Waals surface area contributed by atoms with E-state index in [1.165, 1.54) is 37.3 Å². The van der Waals surface area contributed by atoms with Crippen molar-refractivity contribution >= 4 is 23.3 Å². The summed E-state index contributed by atoms with van der Waals surface area (Å²) < 4.78 is 4.91. The van der Waals surface area contributed by atoms with E-state index in [9.17, 15) is 19.7 Å². The summed E-state index contributed by atoms with van der Waals surface area (Å²) in [7, 11) is 0. The van der Waals surface area contributed by atoms with Crippen molar-refractivity contribution < 1.29 is 19.2 Å². The molecule has 0 aliphatic heterocycles. The van der Waals surface area contributed by atoms with Crippen LogP contribution in [0.15, 0.2) is 35.9 Å². The molecule has 1 amide bonds. The van der Waals surface area contributed by atoms with Crippen LogP contribution in [0.4, 0.5) is 11.4 Å². The second-order valence-corrected chi connectivity index (χ2v) is 4.60. The molecule has 1 aromatic rings. The third-order valence-electron chi connectivity index (χ3n) is 2.39. The van der Waals surface area contributed by atoms with Crippen molar-refractivity contribution in [2.75, 3.05) is 5.32 Å². The highest BCUT2D eigenvalue weighted by molar-refractivity contribution is 5.96. The Morgan fingerprint density at radius 3 is 2.62 bits per heavy atom. The molecule has 21 heavy (non-hydrogen) atoms. The molecule has 0 spiro atoms. The van der Waals surface area contributed by atoms with Gasteiger partial charge in [0.2, 0.25) is 0 Å². The fourth-order valence-electron chi connectivity index (χ4n) is 1.44. The van der Waals surface area contributed by atoms with Gasteiger partial charge in [-0.25, -0.2) is 4.79 Å². The zero-order valence-corrected chi connectivity index (χ0v) is 12.0. The molecule has 1 N–H and O–H groups in total. The van der Waals surface area contributed by atoms with Gasteiger partial charge in [0.15, 0.2) is 6.10 Å². The molecule has 1 unspecified atom stereocenters. The Hall–Kier alpha value is -2.70. The van der Waals surface area contributed by atoms with Crippen molar-refractivity contribution in [1.82, 2.24) is 0 Å². The molecule has 1 rings (SSSR count). The van der Waals surface area contributed by atoms with Gasteiger partial charge in [-0.2, -0.15) is 0 Å². The van der Waals surface area contributed by atoms with Crippen LogP contribution in [0.2, 0.25) is 0 Å². The maximum atomic E-state index is 11.8. The summed E-state index contributed by atoms with van der Waals surface area (Å²) >= 11 is 0. The van der Waals surface area contributed by atoms with Gasteiger partial charge >= 0.3 is 5.97 Å². The third-order valence-corrected chi connectivity index (χ3v) is 2.39. The van der Waals surface area contributed by atoms with Gasteiger partial charge in [-0.05, 0) is 26.8 Å². The van der Waals surface area contributed by atoms with Crippen LogP contribution in [0, 0.1) is 10.1 Å². The van der Waals surface area contributed by atoms with E-state index in [1.54, 1.807) is 13.8 Å². The summed E-state index contributed by atoms with van der Waals surface area (Å²) in [5.41, 5.74) is 0.882. The highest BCUT2D eigenvalue weighted by Crippen LogP contribution is 2.17. The highest BCUT2D eigenvalue weighted by atomic mass is 16.6. The van der Waals surface area contributed by atoms with E-state index < -0.39 is 22.9 Å². The number of ether oxygens (including phenoxy) is 1. The molecule has 0 heterocycles. The number of amides is 1. The average Bonchev–Trinajstić information content (AvgIpc) is 2.37. The summed E-state index contributed by atoms with van der Waals surface area (Å²) in [4.78, 5) is 33.3. The first kappa shape index (κ1) is 16.4. The van der Waals surface area contributed by atoms with Crippen molar-refractivity contribution in [2.24, 2.45) is 0 Å². The third kappa shape index (κ3) is 5.43. The lowest BCUT2D eigenvalue weighted by Gasteiger charge is -2.12. The fraction of sp³-hybridized carbons (Fsp3) is 0.286. The summed E-state index contributed by atoms with van der Waals surface area (Å²) in [6.07, 6.45) is 0.268. The lowest BCUT2D eigenvalue weighted by molar-refractivity contribution is -0.384. The molecule has 0 aliphatic carbocycles. The molecular formula is C14H16N2O5. The second kappa shape index (κ2) is 7.18. The summed E-state index contributed by atoms with van der Waals surface area (Å²) in [6.45, 7) is 4.88. The van der Waals surface area contributed by atoms with Crippen LogP contribution in [0.25, 0.3) is 0 Å². The highest BCUT2D eigenvalue weighted by Gasteiger charge is 2.17. The number of benzene rings is 1. The van der Waals surface area contributed by atoms with E-state index in [-0.39, 0.29) is 11.4 Å². The van der Waals surface area contributed by atoms with Crippen molar-refractivity contribution in [2.45, 2.75) is 26.9 Å². The largest absolute Gasteiger partial charge is 0.449 e. The minimum atomic E-state index is -1.01. The second-order valence-electron chi connectivity index (χ2n) is 4.60. The summed E-state index contributed by atoms with van der Waals surface area (Å²) in [6, 6.07) is 5.50. The van der Waals surface area contributed by atoms with Crippen LogP contribution in [0.3, 0.4) is 0 Å². The van der Waals surface area contributed by atoms with E-state index in [4.69, 9.17) is 4.74 Å². The van der Waals surface area contributed by atoms with Gasteiger partial charge in [0, 0.05) is 23.9 Å². The summed E-state index contributed by atoms with van der Waals surface area (Å²) in [5, 5.41) is 13.1. The quantitative estimate of drug-likeness (QED) is 0.389. The molecule has 0 fully saturated rings. The molecule has 0 saturated carbocycles. The number of carbonyl (C=O) groups is 2. The van der Waals surface area contributed by atoms with E-state index in [1.807, 2.05) is 0 Å². The standard InChI is InChI=1S/C14H16N2O5/c1-9(2)7-13(17)21-10(3)14(18)15-11-5-4-6-12(8-11)16(19)20/h4-8,10H,1-3H3,(H,15,18). The maximum absolute atomic E-state index is 11.8. The number of hydrogen-bond acceptors (Lipinski definition) is 5. The van der Waals surface area contributed by atoms with E-state index >= 15 is 0 Å². The lowest BCUT2D eigenvalue weighted by atomic mass is 10.2. The Morgan fingerprint density at radius 1 is 1.38 bits per heavy atom. The molecule has 0 saturated heterocycles. The normalized spacial score (nSPS) is 11.2. The van der Waals surface area contributed by atoms with Gasteiger partial charge in [0.1, 0.15) is 0 Å². The number of nitrogens with zero attached hydrogens (tertiary/aromatic N) is 1. The first-order valence-electron chi connectivity index (χ1n) is 6.20. The Bertz CT molecular complexity index is 591. The Labute approximate surface area is 121 Å². The van der Waals surface area contributed by atoms with Crippen LogP contribution < -0.4 is 5.32 Å². The van der Waals surface area contributed by atoms with Crippen LogP contribution in [-0.4, -0.2) is 22.9 Å². The molecule has 0 aromatic heterocycles. The zero-order valence-electron chi connectivity index (χ0n) is 12.0. The molecule has 0 bridgehead atoms. The number of hydrogen-bond donors (Lipinski definition) is 1. The first-order valence-corrected chi connectivity index (χ1v) is 6.20. The Balaban J connectivity index is 2.68. The first-order chi connectivity index (χ1) is 9.79. The molecule has 1 atom stereocenters. The molecule has 0 radical (unpaired) electrons. The zero-order chi connectivity index (χ0) is 16.0. The van der Waals surface area contributed by atoms with Gasteiger partial charge in [-0.15, -0.1) is 0 Å². The number of non-ortho nitro benzene ring substituents is 1. The predicted octanol–water partition coefficient (Wildman–Crippen LogP) is 2.43. The number of esters is 1. The van der Waals surface area contributed by atoms with Crippen LogP contribution in [0.1, 0.15) is 20.8 Å².